The van der Waals surface area contributed by atoms with E-state index in [1.165, 1.54) is 0 Å². The van der Waals surface area contributed by atoms with Crippen LogP contribution in [0.25, 0.3) is 0 Å². The predicted molar refractivity (Wildman–Crippen MR) is 82.0 cm³/mol. The van der Waals surface area contributed by atoms with Crippen LogP contribution in [0.2, 0.25) is 0 Å². The maximum absolute atomic E-state index is 11.4. The third kappa shape index (κ3) is 10.6. The summed E-state index contributed by atoms with van der Waals surface area (Å²) in [5.74, 6) is -1.56. The molecule has 22 heavy (non-hydrogen) atoms. The van der Waals surface area contributed by atoms with E-state index in [0.29, 0.717) is 5.57 Å². The van der Waals surface area contributed by atoms with Gasteiger partial charge in [-0.3, -0.25) is 19.2 Å². The first-order chi connectivity index (χ1) is 10.2. The summed E-state index contributed by atoms with van der Waals surface area (Å²) in [6, 6.07) is 0.171. The summed E-state index contributed by atoms with van der Waals surface area (Å²) in [6.45, 7) is 8.30. The number of carbonyl (C=O) groups is 4. The van der Waals surface area contributed by atoms with E-state index in [9.17, 15) is 19.2 Å². The van der Waals surface area contributed by atoms with Crippen LogP contribution in [-0.2, 0) is 19.2 Å². The van der Waals surface area contributed by atoms with Crippen molar-refractivity contribution in [2.45, 2.75) is 26.8 Å². The number of carbonyl (C=O) groups excluding carboxylic acids is 4. The monoisotopic (exact) mass is 312 g/mol. The summed E-state index contributed by atoms with van der Waals surface area (Å²) in [4.78, 5) is 45.4. The molecule has 0 rings (SSSR count). The van der Waals surface area contributed by atoms with Crippen LogP contribution in [0.15, 0.2) is 12.2 Å². The Balaban J connectivity index is 3.80. The molecule has 0 heterocycles. The molecule has 0 spiro atoms. The molecule has 4 N–H and O–H groups in total. The Bertz CT molecular complexity index is 446. The Morgan fingerprint density at radius 1 is 0.818 bits per heavy atom. The van der Waals surface area contributed by atoms with Gasteiger partial charge < -0.3 is 21.3 Å². The fourth-order valence-electron chi connectivity index (χ4n) is 1.17. The van der Waals surface area contributed by atoms with Gasteiger partial charge in [0.1, 0.15) is 0 Å². The quantitative estimate of drug-likeness (QED) is 0.366. The Labute approximate surface area is 130 Å². The van der Waals surface area contributed by atoms with Gasteiger partial charge in [-0.1, -0.05) is 20.4 Å². The van der Waals surface area contributed by atoms with Crippen molar-refractivity contribution in [3.8, 4) is 0 Å². The maximum Gasteiger partial charge on any atom is 0.239 e. The van der Waals surface area contributed by atoms with Crippen LogP contribution >= 0.6 is 0 Å². The normalized spacial score (nSPS) is 10.0. The first-order valence-electron chi connectivity index (χ1n) is 6.94. The zero-order chi connectivity index (χ0) is 17.1. The minimum Gasteiger partial charge on any atom is -0.347 e. The van der Waals surface area contributed by atoms with Crippen molar-refractivity contribution in [2.75, 3.05) is 26.2 Å². The molecule has 8 heteroatoms. The number of Topliss-reactive ketones (excluding diaryl/α,β-unsaturated/α-hetero) is 1. The highest BCUT2D eigenvalue weighted by atomic mass is 16.2. The molecule has 0 bridgehead atoms. The minimum atomic E-state index is -0.490. The molecule has 8 nitrogen and oxygen atoms in total. The highest BCUT2D eigenvalue weighted by Gasteiger charge is 2.09. The number of amides is 3. The van der Waals surface area contributed by atoms with Gasteiger partial charge in [-0.2, -0.15) is 0 Å². The van der Waals surface area contributed by atoms with Crippen molar-refractivity contribution in [2.24, 2.45) is 0 Å². The average molecular weight is 312 g/mol. The van der Waals surface area contributed by atoms with Crippen LogP contribution in [-0.4, -0.2) is 55.7 Å². The number of nitrogens with one attached hydrogen (secondary N) is 4. The van der Waals surface area contributed by atoms with E-state index < -0.39 is 11.8 Å². The first kappa shape index (κ1) is 19.8. The van der Waals surface area contributed by atoms with Gasteiger partial charge in [0, 0.05) is 6.04 Å². The van der Waals surface area contributed by atoms with Crippen LogP contribution in [0.3, 0.4) is 0 Å². The molecule has 0 unspecified atom stereocenters. The minimum absolute atomic E-state index is 0.119. The van der Waals surface area contributed by atoms with Gasteiger partial charge >= 0.3 is 0 Å². The second-order valence-corrected chi connectivity index (χ2v) is 5.07. The molecule has 3 amide bonds. The Kier molecular flexibility index (Phi) is 9.44. The molecule has 0 saturated carbocycles. The molecule has 0 aliphatic heterocycles. The summed E-state index contributed by atoms with van der Waals surface area (Å²) in [7, 11) is 0. The van der Waals surface area contributed by atoms with Crippen LogP contribution in [0.1, 0.15) is 20.8 Å². The fraction of sp³-hybridized carbons (Fsp3) is 0.571. The van der Waals surface area contributed by atoms with Gasteiger partial charge in [0.05, 0.1) is 26.2 Å². The van der Waals surface area contributed by atoms with Gasteiger partial charge in [-0.15, -0.1) is 0 Å². The highest BCUT2D eigenvalue weighted by molar-refractivity contribution is 5.98. The van der Waals surface area contributed by atoms with Gasteiger partial charge in [0.25, 0.3) is 0 Å². The zero-order valence-corrected chi connectivity index (χ0v) is 13.2. The van der Waals surface area contributed by atoms with Crippen LogP contribution in [0, 0.1) is 0 Å². The van der Waals surface area contributed by atoms with Crippen LogP contribution < -0.4 is 21.3 Å². The molecule has 0 aliphatic rings. The fourth-order valence-corrected chi connectivity index (χ4v) is 1.17. The molecule has 0 saturated heterocycles. The average Bonchev–Trinajstić information content (AvgIpc) is 2.45. The van der Waals surface area contributed by atoms with Gasteiger partial charge in [0.15, 0.2) is 5.78 Å². The number of hydrogen-bond donors (Lipinski definition) is 4. The van der Waals surface area contributed by atoms with E-state index in [-0.39, 0.29) is 43.9 Å². The van der Waals surface area contributed by atoms with Gasteiger partial charge in [-0.05, 0) is 12.5 Å². The second-order valence-electron chi connectivity index (χ2n) is 5.07. The summed E-state index contributed by atoms with van der Waals surface area (Å²) in [5.41, 5.74) is 0.349. The lowest BCUT2D eigenvalue weighted by Gasteiger charge is -2.09. The summed E-state index contributed by atoms with van der Waals surface area (Å²) >= 11 is 0. The molecule has 0 aromatic heterocycles. The Morgan fingerprint density at radius 2 is 1.23 bits per heavy atom. The smallest absolute Gasteiger partial charge is 0.239 e. The largest absolute Gasteiger partial charge is 0.347 e. The van der Waals surface area contributed by atoms with E-state index in [0.717, 1.165) is 0 Å². The molecule has 0 aliphatic carbocycles. The van der Waals surface area contributed by atoms with Crippen molar-refractivity contribution in [3.05, 3.63) is 12.2 Å². The van der Waals surface area contributed by atoms with Crippen molar-refractivity contribution in [1.82, 2.24) is 21.3 Å². The number of ketones is 1. The summed E-state index contributed by atoms with van der Waals surface area (Å²) in [6.07, 6.45) is 0. The summed E-state index contributed by atoms with van der Waals surface area (Å²) < 4.78 is 0. The van der Waals surface area contributed by atoms with E-state index in [2.05, 4.69) is 27.8 Å². The predicted octanol–water partition coefficient (Wildman–Crippen LogP) is -1.52. The maximum atomic E-state index is 11.4. The van der Waals surface area contributed by atoms with E-state index in [4.69, 9.17) is 0 Å². The standard InChI is InChI=1S/C14H24N4O4/c1-9(2)11(19)5-16-13(21)7-18-14(22)8-17-12(20)6-15-10(3)4/h10,15H,1,5-8H2,2-4H3,(H,16,21)(H,17,20)(H,18,22). The van der Waals surface area contributed by atoms with Crippen molar-refractivity contribution >= 4 is 23.5 Å². The number of hydrogen-bond acceptors (Lipinski definition) is 5. The highest BCUT2D eigenvalue weighted by Crippen LogP contribution is 1.86. The lowest BCUT2D eigenvalue weighted by molar-refractivity contribution is -0.128. The van der Waals surface area contributed by atoms with Crippen LogP contribution in [0.5, 0.6) is 0 Å². The lowest BCUT2D eigenvalue weighted by atomic mass is 10.2. The molecule has 0 atom stereocenters. The molecule has 0 aromatic rings. The molecular weight excluding hydrogens is 288 g/mol. The molecule has 0 radical (unpaired) electrons. The summed E-state index contributed by atoms with van der Waals surface area (Å²) in [5, 5.41) is 10.0. The Morgan fingerprint density at radius 3 is 1.64 bits per heavy atom. The van der Waals surface area contributed by atoms with Crippen molar-refractivity contribution < 1.29 is 19.2 Å². The van der Waals surface area contributed by atoms with Crippen LogP contribution in [0.4, 0.5) is 0 Å². The molecule has 124 valence electrons. The first-order valence-corrected chi connectivity index (χ1v) is 6.94. The topological polar surface area (TPSA) is 116 Å². The SMILES string of the molecule is C=C(C)C(=O)CNC(=O)CNC(=O)CNC(=O)CNC(C)C. The van der Waals surface area contributed by atoms with E-state index >= 15 is 0 Å². The van der Waals surface area contributed by atoms with Crippen molar-refractivity contribution in [1.29, 1.82) is 0 Å². The molecule has 0 aromatic carbocycles. The second kappa shape index (κ2) is 10.5. The Hall–Kier alpha value is -2.22. The van der Waals surface area contributed by atoms with Crippen molar-refractivity contribution in [3.63, 3.8) is 0 Å². The van der Waals surface area contributed by atoms with Gasteiger partial charge in [-0.25, -0.2) is 0 Å². The molecule has 0 fully saturated rings. The zero-order valence-electron chi connectivity index (χ0n) is 13.2. The third-order valence-corrected chi connectivity index (χ3v) is 2.49. The van der Waals surface area contributed by atoms with Gasteiger partial charge in [0.2, 0.25) is 17.7 Å². The molecular formula is C14H24N4O4. The van der Waals surface area contributed by atoms with E-state index in [1.807, 2.05) is 13.8 Å². The lowest BCUT2D eigenvalue weighted by Crippen LogP contribution is -2.44. The van der Waals surface area contributed by atoms with E-state index in [1.54, 1.807) is 6.92 Å². The number of rotatable bonds is 10. The third-order valence-electron chi connectivity index (χ3n) is 2.49.